The van der Waals surface area contributed by atoms with E-state index in [1.807, 2.05) is 0 Å². The van der Waals surface area contributed by atoms with Crippen molar-refractivity contribution in [2.24, 2.45) is 11.8 Å². The summed E-state index contributed by atoms with van der Waals surface area (Å²) in [6, 6.07) is -0.104. The van der Waals surface area contributed by atoms with E-state index in [9.17, 15) is 9.59 Å². The molecule has 1 amide bonds. The molecule has 1 fully saturated rings. The zero-order valence-electron chi connectivity index (χ0n) is 9.48. The Morgan fingerprint density at radius 3 is 2.56 bits per heavy atom. The van der Waals surface area contributed by atoms with Gasteiger partial charge in [-0.2, -0.15) is 0 Å². The lowest BCUT2D eigenvalue weighted by Crippen LogP contribution is -2.40. The van der Waals surface area contributed by atoms with E-state index in [4.69, 9.17) is 10.2 Å². The first-order chi connectivity index (χ1) is 7.56. The van der Waals surface area contributed by atoms with Crippen molar-refractivity contribution in [3.05, 3.63) is 0 Å². The largest absolute Gasteiger partial charge is 0.481 e. The number of carbonyl (C=O) groups excluding carboxylic acids is 1. The van der Waals surface area contributed by atoms with Crippen molar-refractivity contribution in [1.82, 2.24) is 5.32 Å². The smallest absolute Gasteiger partial charge is 0.307 e. The Balaban J connectivity index is 2.49. The summed E-state index contributed by atoms with van der Waals surface area (Å²) in [6.45, 7) is 1.83. The Morgan fingerprint density at radius 1 is 1.38 bits per heavy atom. The Labute approximate surface area is 94.8 Å². The predicted octanol–water partition coefficient (Wildman–Crippen LogP) is 0.374. The minimum absolute atomic E-state index is 0.0223. The molecule has 1 aliphatic rings. The van der Waals surface area contributed by atoms with Gasteiger partial charge < -0.3 is 15.5 Å². The van der Waals surface area contributed by atoms with E-state index in [0.29, 0.717) is 19.3 Å². The van der Waals surface area contributed by atoms with Crippen LogP contribution in [0.2, 0.25) is 0 Å². The average Bonchev–Trinajstić information content (AvgIpc) is 2.65. The molecule has 0 aliphatic heterocycles. The molecule has 3 unspecified atom stereocenters. The lowest BCUT2D eigenvalue weighted by molar-refractivity contribution is -0.146. The van der Waals surface area contributed by atoms with Gasteiger partial charge in [0.05, 0.1) is 11.8 Å². The molecule has 0 radical (unpaired) electrons. The fourth-order valence-corrected chi connectivity index (χ4v) is 2.19. The topological polar surface area (TPSA) is 86.6 Å². The van der Waals surface area contributed by atoms with Crippen LogP contribution in [0.1, 0.15) is 32.6 Å². The number of carboxylic acids is 1. The third-order valence-electron chi connectivity index (χ3n) is 3.12. The standard InChI is InChI=1S/C11H19NO4/c1-7(5-6-13)12-10(14)8-3-2-4-9(8)11(15)16/h7-9,13H,2-6H2,1H3,(H,12,14)(H,15,16). The molecular formula is C11H19NO4. The maximum absolute atomic E-state index is 11.8. The molecule has 1 rings (SSSR count). The minimum atomic E-state index is -0.882. The molecular weight excluding hydrogens is 210 g/mol. The third-order valence-corrected chi connectivity index (χ3v) is 3.12. The molecule has 0 aromatic carbocycles. The van der Waals surface area contributed by atoms with Crippen LogP contribution in [0.3, 0.4) is 0 Å². The molecule has 1 saturated carbocycles. The van der Waals surface area contributed by atoms with Crippen LogP contribution >= 0.6 is 0 Å². The van der Waals surface area contributed by atoms with Crippen LogP contribution in [0.25, 0.3) is 0 Å². The van der Waals surface area contributed by atoms with Crippen LogP contribution in [0, 0.1) is 11.8 Å². The van der Waals surface area contributed by atoms with E-state index in [2.05, 4.69) is 5.32 Å². The number of aliphatic hydroxyl groups excluding tert-OH is 1. The van der Waals surface area contributed by atoms with Crippen LogP contribution in [-0.2, 0) is 9.59 Å². The molecule has 0 heterocycles. The first kappa shape index (κ1) is 13.0. The van der Waals surface area contributed by atoms with Gasteiger partial charge in [0.2, 0.25) is 5.91 Å². The maximum Gasteiger partial charge on any atom is 0.307 e. The molecule has 3 N–H and O–H groups in total. The van der Waals surface area contributed by atoms with E-state index < -0.39 is 17.8 Å². The van der Waals surface area contributed by atoms with Crippen molar-refractivity contribution in [2.45, 2.75) is 38.6 Å². The number of carboxylic acid groups (broad SMARTS) is 1. The van der Waals surface area contributed by atoms with Crippen LogP contribution in [0.4, 0.5) is 0 Å². The Hall–Kier alpha value is -1.10. The summed E-state index contributed by atoms with van der Waals surface area (Å²) in [4.78, 5) is 22.7. The maximum atomic E-state index is 11.8. The SMILES string of the molecule is CC(CCO)NC(=O)C1CCCC1C(=O)O. The fourth-order valence-electron chi connectivity index (χ4n) is 2.19. The van der Waals surface area contributed by atoms with Gasteiger partial charge in [-0.3, -0.25) is 9.59 Å². The number of amides is 1. The zero-order valence-corrected chi connectivity index (χ0v) is 9.48. The van der Waals surface area contributed by atoms with Crippen LogP contribution in [0.5, 0.6) is 0 Å². The quantitative estimate of drug-likeness (QED) is 0.636. The average molecular weight is 229 g/mol. The van der Waals surface area contributed by atoms with E-state index in [1.165, 1.54) is 0 Å². The summed E-state index contributed by atoms with van der Waals surface area (Å²) in [5.74, 6) is -2.02. The first-order valence-corrected chi connectivity index (χ1v) is 5.70. The first-order valence-electron chi connectivity index (χ1n) is 5.70. The van der Waals surface area contributed by atoms with Crippen LogP contribution < -0.4 is 5.32 Å². The molecule has 5 heteroatoms. The molecule has 5 nitrogen and oxygen atoms in total. The van der Waals surface area contributed by atoms with Gasteiger partial charge in [0, 0.05) is 12.6 Å². The normalized spacial score (nSPS) is 26.4. The molecule has 0 aromatic heterocycles. The third kappa shape index (κ3) is 3.20. The summed E-state index contributed by atoms with van der Waals surface area (Å²) in [5.41, 5.74) is 0. The molecule has 3 atom stereocenters. The zero-order chi connectivity index (χ0) is 12.1. The number of hydrogen-bond acceptors (Lipinski definition) is 3. The van der Waals surface area contributed by atoms with Gasteiger partial charge in [0.25, 0.3) is 0 Å². The Morgan fingerprint density at radius 2 is 2.00 bits per heavy atom. The lowest BCUT2D eigenvalue weighted by atomic mass is 9.95. The van der Waals surface area contributed by atoms with Crippen molar-refractivity contribution < 1.29 is 19.8 Å². The molecule has 0 bridgehead atoms. The van der Waals surface area contributed by atoms with Gasteiger partial charge >= 0.3 is 5.97 Å². The van der Waals surface area contributed by atoms with Crippen molar-refractivity contribution in [2.75, 3.05) is 6.61 Å². The van der Waals surface area contributed by atoms with E-state index in [-0.39, 0.29) is 18.6 Å². The molecule has 0 aromatic rings. The van der Waals surface area contributed by atoms with E-state index in [1.54, 1.807) is 6.92 Å². The molecule has 16 heavy (non-hydrogen) atoms. The highest BCUT2D eigenvalue weighted by molar-refractivity contribution is 5.85. The van der Waals surface area contributed by atoms with Gasteiger partial charge in [-0.05, 0) is 26.2 Å². The van der Waals surface area contributed by atoms with E-state index >= 15 is 0 Å². The number of hydrogen-bond donors (Lipinski definition) is 3. The highest BCUT2D eigenvalue weighted by Crippen LogP contribution is 2.32. The number of aliphatic hydroxyl groups is 1. The molecule has 92 valence electrons. The Kier molecular flexibility index (Phi) is 4.73. The van der Waals surface area contributed by atoms with Crippen LogP contribution in [0.15, 0.2) is 0 Å². The van der Waals surface area contributed by atoms with Gasteiger partial charge in [-0.15, -0.1) is 0 Å². The number of nitrogens with one attached hydrogen (secondary N) is 1. The van der Waals surface area contributed by atoms with Crippen LogP contribution in [-0.4, -0.2) is 34.7 Å². The summed E-state index contributed by atoms with van der Waals surface area (Å²) < 4.78 is 0. The van der Waals surface area contributed by atoms with Crippen molar-refractivity contribution in [1.29, 1.82) is 0 Å². The number of aliphatic carboxylic acids is 1. The van der Waals surface area contributed by atoms with Gasteiger partial charge in [0.15, 0.2) is 0 Å². The molecule has 0 spiro atoms. The van der Waals surface area contributed by atoms with Gasteiger partial charge in [-0.1, -0.05) is 6.42 Å². The molecule has 1 aliphatic carbocycles. The Bertz CT molecular complexity index is 267. The summed E-state index contributed by atoms with van der Waals surface area (Å²) in [7, 11) is 0. The summed E-state index contributed by atoms with van der Waals surface area (Å²) in [5, 5.41) is 20.4. The van der Waals surface area contributed by atoms with Gasteiger partial charge in [-0.25, -0.2) is 0 Å². The highest BCUT2D eigenvalue weighted by atomic mass is 16.4. The second kappa shape index (κ2) is 5.84. The fraction of sp³-hybridized carbons (Fsp3) is 0.818. The predicted molar refractivity (Wildman–Crippen MR) is 57.8 cm³/mol. The monoisotopic (exact) mass is 229 g/mol. The van der Waals surface area contributed by atoms with E-state index in [0.717, 1.165) is 6.42 Å². The van der Waals surface area contributed by atoms with Crippen molar-refractivity contribution >= 4 is 11.9 Å². The summed E-state index contributed by atoms with van der Waals surface area (Å²) >= 11 is 0. The van der Waals surface area contributed by atoms with Crippen molar-refractivity contribution in [3.63, 3.8) is 0 Å². The highest BCUT2D eigenvalue weighted by Gasteiger charge is 2.37. The minimum Gasteiger partial charge on any atom is -0.481 e. The molecule has 0 saturated heterocycles. The second-order valence-corrected chi connectivity index (χ2v) is 4.40. The summed E-state index contributed by atoms with van der Waals surface area (Å²) in [6.07, 6.45) is 2.52. The number of rotatable bonds is 5. The van der Waals surface area contributed by atoms with Gasteiger partial charge in [0.1, 0.15) is 0 Å². The van der Waals surface area contributed by atoms with Crippen molar-refractivity contribution in [3.8, 4) is 0 Å². The lowest BCUT2D eigenvalue weighted by Gasteiger charge is -2.19. The number of carbonyl (C=O) groups is 2. The second-order valence-electron chi connectivity index (χ2n) is 4.40.